The summed E-state index contributed by atoms with van der Waals surface area (Å²) in [5.41, 5.74) is 5.75. The van der Waals surface area contributed by atoms with Crippen molar-refractivity contribution >= 4 is 0 Å². The van der Waals surface area contributed by atoms with Crippen LogP contribution >= 0.6 is 0 Å². The fourth-order valence-electron chi connectivity index (χ4n) is 14.4. The van der Waals surface area contributed by atoms with E-state index in [0.717, 1.165) is 72.5 Å². The molecule has 11 heteroatoms. The Morgan fingerprint density at radius 3 is 0.429 bits per heavy atom. The van der Waals surface area contributed by atoms with Gasteiger partial charge >= 0.3 is 0 Å². The molecular weight excluding hydrogens is 1810 g/mol. The van der Waals surface area contributed by atoms with Crippen LogP contribution in [0, 0.1) is 176 Å². The van der Waals surface area contributed by atoms with Gasteiger partial charge in [-0.05, 0) is 292 Å². The molecule has 0 radical (unpaired) electrons. The van der Waals surface area contributed by atoms with Gasteiger partial charge in [0.2, 0.25) is 0 Å². The SMILES string of the molecule is C.C.CC(C)O[C@@H](C)[C@H](C)C(C)(C)C.CC(C)O[C@H](C)[C@H](C)C(C)(C)C.CC(C)[C@@H](C)C(C)(C)C.CC(C)[C@H](C)C(C)(C)C.CC(C)[C@H](C)C(C)(C)C.CC(C)[C@H](C)C(C)(C)C.CC[C@H](C)C(C)(C)C.CO[C@@H](C)CC(C)(C)C.CO[C@@H](C)[C@@H](C)C(C)(C)C.CO[C@H](C)CC(C)(C)C.CO[C@H](C)[C@@H](C)C(C)(C)C.CO[C@H](C)[C@H](C)C(C)(C)C.C[C@@H](O)[C@H](C)C(C)(C)C.C[C@@H](OCCO)[C@H](C)C(C)(C)C.C[C@H](O)CC(C)(C)C. The standard InChI is InChI=1S/2C11H24O.C10H22O2.3C9H20O.4C9H20.3C8H18O.C8H18.C7H16O.2CH4/c2*1-8(2)12-10(4)9(3)11(5,6)7;1-8(10(3,4)5)9(2)12-7-6-11;3*1-7(8(2)10-6)9(3,4)5;4*1-7(2)8(3)9(4,5)6;2*1-7(9-5)6-8(2,3)4;1-6(7(2)9)8(3,4)5;1-6-7(2)8(3,4)5;1-6(8)5-7(2,3)4;;/h2*8-10H,1-7H3;8-9,11H,6-7H2,1-5H3;3*7-8H,1-6H3;4*7-8H,1-6H3;2*7H,6H2,1-5H3;6-7,9H,1-5H3;7H,6H2,1-5H3;6,8H,5H2,1-4H3;2*1H4/t9-,10+;9-,10-;8-,9+;2*7-,8+;7-,8-;4*8-;2*7-;6-,7+;7-;6-;;/m000101100010000../s1. The van der Waals surface area contributed by atoms with Gasteiger partial charge in [-0.15, -0.1) is 0 Å². The van der Waals surface area contributed by atoms with Gasteiger partial charge in [0.1, 0.15) is 0 Å². The molecule has 147 heavy (non-hydrogen) atoms. The van der Waals surface area contributed by atoms with E-state index in [1.807, 2.05) is 13.8 Å². The predicted molar refractivity (Wildman–Crippen MR) is 678 cm³/mol. The van der Waals surface area contributed by atoms with Gasteiger partial charge in [-0.25, -0.2) is 0 Å². The second kappa shape index (κ2) is 86.5. The van der Waals surface area contributed by atoms with Gasteiger partial charge in [0.15, 0.2) is 0 Å². The molecule has 0 aromatic carbocycles. The summed E-state index contributed by atoms with van der Waals surface area (Å²) in [6.07, 6.45) is 7.56. The zero-order chi connectivity index (χ0) is 122. The van der Waals surface area contributed by atoms with Gasteiger partial charge in [0.25, 0.3) is 0 Å². The minimum atomic E-state index is -0.190. The maximum absolute atomic E-state index is 9.16. The number of aliphatic hydroxyl groups excluding tert-OH is 3. The molecule has 0 rings (SSSR count). The monoisotopic (exact) mass is 2120 g/mol. The van der Waals surface area contributed by atoms with Crippen LogP contribution in [0.4, 0.5) is 0 Å². The third-order valence-electron chi connectivity index (χ3n) is 32.1. The first-order valence-corrected chi connectivity index (χ1v) is 58.7. The first kappa shape index (κ1) is 185. The molecule has 0 aromatic rings. The average molecular weight is 2120 g/mol. The van der Waals surface area contributed by atoms with E-state index in [2.05, 4.69) is 540 Å². The van der Waals surface area contributed by atoms with Gasteiger partial charge in [-0.1, -0.05) is 478 Å². The van der Waals surface area contributed by atoms with Gasteiger partial charge in [0.05, 0.1) is 86.5 Å². The van der Waals surface area contributed by atoms with Crippen molar-refractivity contribution < 1.29 is 53.2 Å². The lowest BCUT2D eigenvalue weighted by atomic mass is 9.76. The van der Waals surface area contributed by atoms with Crippen molar-refractivity contribution in [1.29, 1.82) is 0 Å². The predicted octanol–water partition coefficient (Wildman–Crippen LogP) is 43.6. The Morgan fingerprint density at radius 1 is 0.204 bits per heavy atom. The second-order valence-corrected chi connectivity index (χ2v) is 63.2. The second-order valence-electron chi connectivity index (χ2n) is 63.2. The lowest BCUT2D eigenvalue weighted by Crippen LogP contribution is -2.31. The maximum Gasteiger partial charge on any atom is 0.0701 e. The summed E-state index contributed by atoms with van der Waals surface area (Å²) in [4.78, 5) is 0. The summed E-state index contributed by atoms with van der Waals surface area (Å²) in [5.74, 6) is 11.3. The Kier molecular flexibility index (Phi) is 109. The molecule has 0 heterocycles. The summed E-state index contributed by atoms with van der Waals surface area (Å²) < 4.78 is 42.9. The van der Waals surface area contributed by atoms with Crippen LogP contribution in [0.3, 0.4) is 0 Å². The Hall–Kier alpha value is -0.440. The van der Waals surface area contributed by atoms with Crippen molar-refractivity contribution in [2.45, 2.75) is 668 Å². The normalized spacial score (nSPS) is 17.0. The van der Waals surface area contributed by atoms with Crippen LogP contribution in [0.15, 0.2) is 0 Å². The van der Waals surface area contributed by atoms with E-state index in [-0.39, 0.29) is 56.0 Å². The van der Waals surface area contributed by atoms with E-state index in [4.69, 9.17) is 53.2 Å². The molecule has 0 saturated carbocycles. The van der Waals surface area contributed by atoms with Crippen LogP contribution in [0.25, 0.3) is 0 Å². The first-order chi connectivity index (χ1) is 63.1. The van der Waals surface area contributed by atoms with E-state index in [9.17, 15) is 0 Å². The van der Waals surface area contributed by atoms with Crippen LogP contribution in [0.5, 0.6) is 0 Å². The zero-order valence-corrected chi connectivity index (χ0v) is 118. The van der Waals surface area contributed by atoms with E-state index in [1.54, 1.807) is 35.5 Å². The molecule has 11 nitrogen and oxygen atoms in total. The third-order valence-corrected chi connectivity index (χ3v) is 32.1. The van der Waals surface area contributed by atoms with E-state index in [0.29, 0.717) is 168 Å². The quantitative estimate of drug-likeness (QED) is 0.0726. The highest BCUT2D eigenvalue weighted by Crippen LogP contribution is 2.39. The Bertz CT molecular complexity index is 2480. The lowest BCUT2D eigenvalue weighted by molar-refractivity contribution is -0.0386. The Labute approximate surface area is 939 Å². The number of methoxy groups -OCH3 is 5. The van der Waals surface area contributed by atoms with Crippen molar-refractivity contribution in [2.75, 3.05) is 48.8 Å². The highest BCUT2D eigenvalue weighted by molar-refractivity contribution is 4.83. The fraction of sp³-hybridized carbons (Fsp3) is 1.00. The number of ether oxygens (including phenoxy) is 8. The van der Waals surface area contributed by atoms with Crippen LogP contribution in [0.1, 0.15) is 594 Å². The van der Waals surface area contributed by atoms with Crippen LogP contribution in [-0.4, -0.2) is 137 Å². The van der Waals surface area contributed by atoms with Crippen LogP contribution in [0.2, 0.25) is 0 Å². The van der Waals surface area contributed by atoms with Crippen molar-refractivity contribution in [3.63, 3.8) is 0 Å². The Balaban J connectivity index is -0.0000000822. The van der Waals surface area contributed by atoms with Crippen molar-refractivity contribution in [2.24, 2.45) is 176 Å². The summed E-state index contributed by atoms with van der Waals surface area (Å²) in [7, 11) is 8.83. The number of rotatable bonds is 27. The van der Waals surface area contributed by atoms with Gasteiger partial charge in [-0.2, -0.15) is 0 Å². The molecule has 0 bridgehead atoms. The molecule has 0 amide bonds. The molecular formula is C136H306O11. The van der Waals surface area contributed by atoms with E-state index >= 15 is 0 Å². The molecule has 0 aromatic heterocycles. The third kappa shape index (κ3) is 126. The minimum absolute atomic E-state index is 0. The highest BCUT2D eigenvalue weighted by atomic mass is 16.5. The van der Waals surface area contributed by atoms with Gasteiger partial charge < -0.3 is 53.2 Å². The molecule has 0 aliphatic carbocycles. The summed E-state index contributed by atoms with van der Waals surface area (Å²) >= 11 is 0. The van der Waals surface area contributed by atoms with Crippen LogP contribution < -0.4 is 0 Å². The van der Waals surface area contributed by atoms with Crippen molar-refractivity contribution in [1.82, 2.24) is 0 Å². The van der Waals surface area contributed by atoms with E-state index < -0.39 is 0 Å². The average Bonchev–Trinajstić information content (AvgIpc) is 0.922. The number of hydrogen-bond donors (Lipinski definition) is 3. The number of aliphatic hydroxyl groups is 3. The smallest absolute Gasteiger partial charge is 0.0701 e. The molecule has 0 unspecified atom stereocenters. The highest BCUT2D eigenvalue weighted by Gasteiger charge is 2.33. The molecule has 0 spiro atoms. The van der Waals surface area contributed by atoms with Crippen LogP contribution in [-0.2, 0) is 37.9 Å². The molecule has 3 N–H and O–H groups in total. The topological polar surface area (TPSA) is 135 Å². The van der Waals surface area contributed by atoms with E-state index in [1.165, 1.54) is 6.42 Å². The molecule has 0 saturated heterocycles. The van der Waals surface area contributed by atoms with Gasteiger partial charge in [0, 0.05) is 35.5 Å². The first-order valence-electron chi connectivity index (χ1n) is 58.7. The molecule has 0 aliphatic rings. The molecule has 0 aliphatic heterocycles. The van der Waals surface area contributed by atoms with Crippen molar-refractivity contribution in [3.8, 4) is 0 Å². The number of hydrogen-bond acceptors (Lipinski definition) is 11. The molecule has 22 atom stereocenters. The Morgan fingerprint density at radius 2 is 0.367 bits per heavy atom. The lowest BCUT2D eigenvalue weighted by Gasteiger charge is -2.33. The molecule has 916 valence electrons. The summed E-state index contributed by atoms with van der Waals surface area (Å²) in [5, 5.41) is 26.6. The largest absolute Gasteiger partial charge is 0.394 e. The maximum atomic E-state index is 9.16. The summed E-state index contributed by atoms with van der Waals surface area (Å²) in [6.45, 7) is 178. The summed E-state index contributed by atoms with van der Waals surface area (Å²) in [6, 6.07) is 0. The molecule has 0 fully saturated rings. The minimum Gasteiger partial charge on any atom is -0.394 e. The fourth-order valence-corrected chi connectivity index (χ4v) is 14.4. The van der Waals surface area contributed by atoms with Gasteiger partial charge in [-0.3, -0.25) is 0 Å². The zero-order valence-electron chi connectivity index (χ0n) is 118. The van der Waals surface area contributed by atoms with Crippen molar-refractivity contribution in [3.05, 3.63) is 0 Å².